The van der Waals surface area contributed by atoms with Crippen molar-refractivity contribution < 1.29 is 14.7 Å². The summed E-state index contributed by atoms with van der Waals surface area (Å²) in [4.78, 5) is 24.9. The van der Waals surface area contributed by atoms with Crippen molar-refractivity contribution in [3.8, 4) is 0 Å². The zero-order valence-corrected chi connectivity index (χ0v) is 16.4. The molecular formula is C20H24Cl2N2O3. The predicted octanol–water partition coefficient (Wildman–Crippen LogP) is 3.18. The van der Waals surface area contributed by atoms with Gasteiger partial charge in [0, 0.05) is 22.6 Å². The summed E-state index contributed by atoms with van der Waals surface area (Å²) in [5.41, 5.74) is 9.53. The van der Waals surface area contributed by atoms with Crippen LogP contribution in [-0.4, -0.2) is 23.3 Å². The third kappa shape index (κ3) is 5.30. The molecular weight excluding hydrogens is 387 g/mol. The van der Waals surface area contributed by atoms with Gasteiger partial charge in [-0.05, 0) is 37.1 Å². The Bertz CT molecular complexity index is 784. The van der Waals surface area contributed by atoms with Crippen LogP contribution in [0.3, 0.4) is 0 Å². The van der Waals surface area contributed by atoms with Crippen molar-refractivity contribution in [1.29, 1.82) is 0 Å². The lowest BCUT2D eigenvalue weighted by Gasteiger charge is -2.28. The smallest absolute Gasteiger partial charge is 0.258 e. The van der Waals surface area contributed by atoms with Gasteiger partial charge < -0.3 is 16.6 Å². The molecule has 0 aromatic heterocycles. The summed E-state index contributed by atoms with van der Waals surface area (Å²) >= 11 is 6.05. The first-order valence-electron chi connectivity index (χ1n) is 8.52. The molecule has 0 saturated carbocycles. The maximum Gasteiger partial charge on any atom is 0.258 e. The van der Waals surface area contributed by atoms with E-state index in [1.165, 1.54) is 18.2 Å². The maximum absolute atomic E-state index is 12.7. The van der Waals surface area contributed by atoms with Crippen molar-refractivity contribution >= 4 is 35.7 Å². The lowest BCUT2D eigenvalue weighted by atomic mass is 9.81. The summed E-state index contributed by atoms with van der Waals surface area (Å²) in [5, 5.41) is 11.5. The molecule has 1 atom stereocenters. The first kappa shape index (κ1) is 23.1. The fourth-order valence-electron chi connectivity index (χ4n) is 2.91. The number of unbranched alkanes of at least 4 members (excludes halogenated alkanes) is 2. The molecule has 0 bridgehead atoms. The molecule has 1 unspecified atom stereocenters. The number of primary amides is 1. The van der Waals surface area contributed by atoms with E-state index in [-0.39, 0.29) is 35.7 Å². The lowest BCUT2D eigenvalue weighted by molar-refractivity contribution is -0.133. The number of carbonyl (C=O) groups excluding carboxylic acids is 2. The second-order valence-corrected chi connectivity index (χ2v) is 6.59. The molecule has 0 radical (unpaired) electrons. The molecule has 0 spiro atoms. The summed E-state index contributed by atoms with van der Waals surface area (Å²) in [6.45, 7) is 0.575. The van der Waals surface area contributed by atoms with E-state index in [4.69, 9.17) is 23.1 Å². The van der Waals surface area contributed by atoms with E-state index in [9.17, 15) is 14.7 Å². The van der Waals surface area contributed by atoms with E-state index >= 15 is 0 Å². The summed E-state index contributed by atoms with van der Waals surface area (Å²) in [6.07, 6.45) is 2.61. The molecule has 2 aromatic carbocycles. The van der Waals surface area contributed by atoms with E-state index in [0.29, 0.717) is 23.6 Å². The zero-order chi connectivity index (χ0) is 19.2. The van der Waals surface area contributed by atoms with Gasteiger partial charge in [-0.1, -0.05) is 54.4 Å². The number of ketones is 1. The van der Waals surface area contributed by atoms with Crippen molar-refractivity contribution in [3.63, 3.8) is 0 Å². The second kappa shape index (κ2) is 10.4. The summed E-state index contributed by atoms with van der Waals surface area (Å²) in [5.74, 6) is -1.15. The van der Waals surface area contributed by atoms with Crippen molar-refractivity contribution in [2.75, 3.05) is 6.54 Å². The van der Waals surface area contributed by atoms with Crippen LogP contribution in [0.15, 0.2) is 48.5 Å². The van der Waals surface area contributed by atoms with Gasteiger partial charge in [-0.25, -0.2) is 0 Å². The Balaban J connectivity index is 0.00000364. The Morgan fingerprint density at radius 2 is 1.70 bits per heavy atom. The highest BCUT2D eigenvalue weighted by atomic mass is 35.5. The molecule has 27 heavy (non-hydrogen) atoms. The number of carbonyl (C=O) groups is 2. The topological polar surface area (TPSA) is 106 Å². The minimum Gasteiger partial charge on any atom is -0.372 e. The second-order valence-electron chi connectivity index (χ2n) is 6.15. The summed E-state index contributed by atoms with van der Waals surface area (Å²) in [7, 11) is 0. The third-order valence-electron chi connectivity index (χ3n) is 4.33. The highest BCUT2D eigenvalue weighted by molar-refractivity contribution is 6.31. The van der Waals surface area contributed by atoms with Crippen LogP contribution in [0.5, 0.6) is 0 Å². The number of aliphatic hydroxyl groups is 1. The number of rotatable bonds is 9. The highest BCUT2D eigenvalue weighted by Crippen LogP contribution is 2.34. The van der Waals surface area contributed by atoms with Crippen LogP contribution >= 0.6 is 24.0 Å². The van der Waals surface area contributed by atoms with Crippen LogP contribution in [0.4, 0.5) is 0 Å². The Labute approximate surface area is 170 Å². The van der Waals surface area contributed by atoms with Gasteiger partial charge in [0.1, 0.15) is 0 Å². The number of halogens is 2. The number of amides is 1. The molecule has 7 heteroatoms. The molecule has 5 N–H and O–H groups in total. The monoisotopic (exact) mass is 410 g/mol. The molecule has 1 amide bonds. The summed E-state index contributed by atoms with van der Waals surface area (Å²) < 4.78 is 0. The number of hydrogen-bond acceptors (Lipinski definition) is 4. The van der Waals surface area contributed by atoms with Crippen LogP contribution < -0.4 is 11.5 Å². The molecule has 0 aliphatic rings. The molecule has 0 aliphatic heterocycles. The highest BCUT2D eigenvalue weighted by Gasteiger charge is 2.40. The van der Waals surface area contributed by atoms with E-state index in [1.807, 2.05) is 0 Å². The lowest BCUT2D eigenvalue weighted by Crippen LogP contribution is -2.43. The quantitative estimate of drug-likeness (QED) is 0.435. The van der Waals surface area contributed by atoms with Gasteiger partial charge in [0.2, 0.25) is 0 Å². The van der Waals surface area contributed by atoms with Gasteiger partial charge in [-0.3, -0.25) is 9.59 Å². The molecule has 0 heterocycles. The van der Waals surface area contributed by atoms with Gasteiger partial charge in [-0.15, -0.1) is 12.4 Å². The molecule has 2 aromatic rings. The number of benzene rings is 2. The average Bonchev–Trinajstić information content (AvgIpc) is 2.65. The SMILES string of the molecule is Cl.NCCCCCC(=O)c1cc(Cl)ccc1C(O)(C(N)=O)c1ccccc1. The van der Waals surface area contributed by atoms with E-state index < -0.39 is 11.5 Å². The van der Waals surface area contributed by atoms with Crippen molar-refractivity contribution in [2.24, 2.45) is 11.5 Å². The first-order chi connectivity index (χ1) is 12.4. The minimum atomic E-state index is -2.12. The Morgan fingerprint density at radius 1 is 1.04 bits per heavy atom. The Morgan fingerprint density at radius 3 is 2.30 bits per heavy atom. The van der Waals surface area contributed by atoms with Gasteiger partial charge in [-0.2, -0.15) is 0 Å². The fraction of sp³-hybridized carbons (Fsp3) is 0.300. The average molecular weight is 411 g/mol. The predicted molar refractivity (Wildman–Crippen MR) is 109 cm³/mol. The zero-order valence-electron chi connectivity index (χ0n) is 14.9. The molecule has 0 aliphatic carbocycles. The van der Waals surface area contributed by atoms with Gasteiger partial charge >= 0.3 is 0 Å². The molecule has 146 valence electrons. The normalized spacial score (nSPS) is 12.7. The van der Waals surface area contributed by atoms with Crippen LogP contribution in [0.2, 0.25) is 5.02 Å². The number of nitrogens with two attached hydrogens (primary N) is 2. The Kier molecular flexibility index (Phi) is 8.93. The van der Waals surface area contributed by atoms with Crippen LogP contribution in [-0.2, 0) is 10.4 Å². The maximum atomic E-state index is 12.7. The van der Waals surface area contributed by atoms with Crippen molar-refractivity contribution in [2.45, 2.75) is 31.3 Å². The fourth-order valence-corrected chi connectivity index (χ4v) is 3.09. The molecule has 0 fully saturated rings. The standard InChI is InChI=1S/C20H23ClN2O3.ClH/c21-15-10-11-17(16(13-15)18(24)9-5-2-6-12-22)20(26,19(23)25)14-7-3-1-4-8-14;/h1,3-4,7-8,10-11,13,26H,2,5-6,9,12,22H2,(H2,23,25);1H. The van der Waals surface area contributed by atoms with Crippen LogP contribution in [0, 0.1) is 0 Å². The largest absolute Gasteiger partial charge is 0.372 e. The van der Waals surface area contributed by atoms with Gasteiger partial charge in [0.05, 0.1) is 0 Å². The van der Waals surface area contributed by atoms with Crippen molar-refractivity contribution in [1.82, 2.24) is 0 Å². The van der Waals surface area contributed by atoms with E-state index in [2.05, 4.69) is 0 Å². The third-order valence-corrected chi connectivity index (χ3v) is 4.56. The van der Waals surface area contributed by atoms with Crippen LogP contribution in [0.1, 0.15) is 47.2 Å². The number of Topliss-reactive ketones (excluding diaryl/α,β-unsaturated/α-hetero) is 1. The number of hydrogen-bond donors (Lipinski definition) is 3. The molecule has 2 rings (SSSR count). The molecule has 5 nitrogen and oxygen atoms in total. The van der Waals surface area contributed by atoms with Gasteiger partial charge in [0.25, 0.3) is 5.91 Å². The Hall–Kier alpha value is -1.92. The van der Waals surface area contributed by atoms with Crippen LogP contribution in [0.25, 0.3) is 0 Å². The van der Waals surface area contributed by atoms with E-state index in [0.717, 1.165) is 12.8 Å². The van der Waals surface area contributed by atoms with E-state index in [1.54, 1.807) is 30.3 Å². The van der Waals surface area contributed by atoms with Crippen molar-refractivity contribution in [3.05, 3.63) is 70.2 Å². The minimum absolute atomic E-state index is 0. The summed E-state index contributed by atoms with van der Waals surface area (Å²) in [6, 6.07) is 12.8. The molecule has 0 saturated heterocycles. The first-order valence-corrected chi connectivity index (χ1v) is 8.90. The van der Waals surface area contributed by atoms with Gasteiger partial charge in [0.15, 0.2) is 11.4 Å².